The van der Waals surface area contributed by atoms with E-state index >= 15 is 0 Å². The number of benzene rings is 1. The molecule has 0 radical (unpaired) electrons. The summed E-state index contributed by atoms with van der Waals surface area (Å²) in [6.07, 6.45) is -2.99. The predicted octanol–water partition coefficient (Wildman–Crippen LogP) is 4.02. The van der Waals surface area contributed by atoms with Crippen molar-refractivity contribution in [2.24, 2.45) is 5.73 Å². The molecule has 33 heavy (non-hydrogen) atoms. The van der Waals surface area contributed by atoms with Crippen LogP contribution in [-0.4, -0.2) is 48.9 Å². The number of anilines is 1. The number of halogens is 6. The van der Waals surface area contributed by atoms with Crippen LogP contribution in [0.2, 0.25) is 0 Å². The normalized spacial score (nSPS) is 17.4. The van der Waals surface area contributed by atoms with Crippen LogP contribution in [0, 0.1) is 12.7 Å². The van der Waals surface area contributed by atoms with Crippen molar-refractivity contribution in [1.29, 1.82) is 0 Å². The van der Waals surface area contributed by atoms with Gasteiger partial charge in [-0.25, -0.2) is 4.39 Å². The summed E-state index contributed by atoms with van der Waals surface area (Å²) in [6, 6.07) is 0.566. The van der Waals surface area contributed by atoms with Crippen LogP contribution in [0.1, 0.15) is 29.4 Å². The number of rotatable bonds is 6. The molecule has 180 valence electrons. The van der Waals surface area contributed by atoms with Gasteiger partial charge < -0.3 is 20.7 Å². The summed E-state index contributed by atoms with van der Waals surface area (Å²) in [4.78, 5) is 18.6. The summed E-state index contributed by atoms with van der Waals surface area (Å²) in [5.41, 5.74) is 6.58. The molecule has 12 heteroatoms. The van der Waals surface area contributed by atoms with E-state index < -0.39 is 36.3 Å². The summed E-state index contributed by atoms with van der Waals surface area (Å²) < 4.78 is 83.0. The van der Waals surface area contributed by atoms with Crippen molar-refractivity contribution in [3.05, 3.63) is 41.5 Å². The third-order valence-electron chi connectivity index (χ3n) is 5.25. The van der Waals surface area contributed by atoms with Crippen molar-refractivity contribution in [2.75, 3.05) is 18.0 Å². The molecule has 1 aromatic heterocycles. The van der Waals surface area contributed by atoms with Crippen molar-refractivity contribution >= 4 is 11.6 Å². The SMILES string of the molecule is Cc1ncc(C(=O)N[C@@H](C)C(F)(F)F)c(N2CC[C@H](N)C2)c1-c1cc(F)cc(OC(F)F)c1. The maximum absolute atomic E-state index is 14.2. The quantitative estimate of drug-likeness (QED) is 0.616. The second kappa shape index (κ2) is 9.46. The number of amides is 1. The molecule has 2 atom stereocenters. The molecule has 0 aliphatic carbocycles. The Hall–Kier alpha value is -3.02. The second-order valence-electron chi connectivity index (χ2n) is 7.77. The molecule has 0 saturated carbocycles. The minimum Gasteiger partial charge on any atom is -0.435 e. The number of nitrogens with two attached hydrogens (primary N) is 1. The Morgan fingerprint density at radius 3 is 2.58 bits per heavy atom. The molecule has 1 fully saturated rings. The summed E-state index contributed by atoms with van der Waals surface area (Å²) in [7, 11) is 0. The highest BCUT2D eigenvalue weighted by atomic mass is 19.4. The molecule has 1 amide bonds. The van der Waals surface area contributed by atoms with Gasteiger partial charge in [-0.1, -0.05) is 0 Å². The fourth-order valence-corrected chi connectivity index (χ4v) is 3.66. The number of alkyl halides is 5. The zero-order valence-corrected chi connectivity index (χ0v) is 17.7. The molecular formula is C21H22F6N4O2. The highest BCUT2D eigenvalue weighted by Crippen LogP contribution is 2.39. The molecule has 6 nitrogen and oxygen atoms in total. The van der Waals surface area contributed by atoms with Gasteiger partial charge in [0.05, 0.1) is 11.3 Å². The van der Waals surface area contributed by atoms with Crippen LogP contribution in [-0.2, 0) is 0 Å². The Balaban J connectivity index is 2.17. The van der Waals surface area contributed by atoms with E-state index in [1.54, 1.807) is 11.8 Å². The highest BCUT2D eigenvalue weighted by Gasteiger charge is 2.38. The van der Waals surface area contributed by atoms with Crippen LogP contribution < -0.4 is 20.7 Å². The van der Waals surface area contributed by atoms with E-state index in [4.69, 9.17) is 5.73 Å². The maximum Gasteiger partial charge on any atom is 0.408 e. The number of hydrogen-bond acceptors (Lipinski definition) is 5. The lowest BCUT2D eigenvalue weighted by Crippen LogP contribution is -2.43. The molecule has 1 saturated heterocycles. The average molecular weight is 476 g/mol. The van der Waals surface area contributed by atoms with E-state index in [1.807, 2.05) is 5.32 Å². The number of aryl methyl sites for hydroxylation is 1. The van der Waals surface area contributed by atoms with Crippen molar-refractivity contribution < 1.29 is 35.9 Å². The lowest BCUT2D eigenvalue weighted by Gasteiger charge is -2.27. The molecule has 3 rings (SSSR count). The van der Waals surface area contributed by atoms with Crippen molar-refractivity contribution in [3.8, 4) is 16.9 Å². The number of nitrogens with one attached hydrogen (secondary N) is 1. The summed E-state index contributed by atoms with van der Waals surface area (Å²) >= 11 is 0. The third-order valence-corrected chi connectivity index (χ3v) is 5.25. The Kier molecular flexibility index (Phi) is 7.06. The van der Waals surface area contributed by atoms with E-state index in [1.165, 1.54) is 0 Å². The van der Waals surface area contributed by atoms with Gasteiger partial charge in [0.15, 0.2) is 0 Å². The first-order chi connectivity index (χ1) is 15.4. The number of pyridine rings is 1. The molecule has 1 aliphatic rings. The van der Waals surface area contributed by atoms with Crippen LogP contribution in [0.15, 0.2) is 24.4 Å². The van der Waals surface area contributed by atoms with Crippen LogP contribution in [0.25, 0.3) is 11.1 Å². The summed E-state index contributed by atoms with van der Waals surface area (Å²) in [6.45, 7) is -0.195. The van der Waals surface area contributed by atoms with Crippen molar-refractivity contribution in [2.45, 2.75) is 45.1 Å². The van der Waals surface area contributed by atoms with Crippen molar-refractivity contribution in [1.82, 2.24) is 10.3 Å². The zero-order chi connectivity index (χ0) is 24.5. The fraction of sp³-hybridized carbons (Fsp3) is 0.429. The van der Waals surface area contributed by atoms with Gasteiger partial charge in [-0.2, -0.15) is 22.0 Å². The van der Waals surface area contributed by atoms with E-state index in [2.05, 4.69) is 9.72 Å². The Morgan fingerprint density at radius 2 is 2.00 bits per heavy atom. The van der Waals surface area contributed by atoms with Gasteiger partial charge in [-0.05, 0) is 38.0 Å². The number of carbonyl (C=O) groups is 1. The first-order valence-corrected chi connectivity index (χ1v) is 10.00. The van der Waals surface area contributed by atoms with Gasteiger partial charge in [0.25, 0.3) is 5.91 Å². The van der Waals surface area contributed by atoms with E-state index in [9.17, 15) is 31.1 Å². The van der Waals surface area contributed by atoms with Crippen molar-refractivity contribution in [3.63, 3.8) is 0 Å². The number of nitrogens with zero attached hydrogens (tertiary/aromatic N) is 2. The number of carbonyl (C=O) groups excluding carboxylic acids is 1. The lowest BCUT2D eigenvalue weighted by atomic mass is 9.97. The largest absolute Gasteiger partial charge is 0.435 e. The molecule has 3 N–H and O–H groups in total. The lowest BCUT2D eigenvalue weighted by molar-refractivity contribution is -0.149. The average Bonchev–Trinajstić information content (AvgIpc) is 3.11. The topological polar surface area (TPSA) is 80.5 Å². The van der Waals surface area contributed by atoms with Gasteiger partial charge in [0.1, 0.15) is 17.6 Å². The Bertz CT molecular complexity index is 1030. The molecule has 2 aromatic rings. The monoisotopic (exact) mass is 476 g/mol. The number of aromatic nitrogens is 1. The van der Waals surface area contributed by atoms with E-state index in [0.717, 1.165) is 31.3 Å². The van der Waals surface area contributed by atoms with Crippen LogP contribution in [0.3, 0.4) is 0 Å². The van der Waals surface area contributed by atoms with E-state index in [-0.39, 0.29) is 35.0 Å². The summed E-state index contributed by atoms with van der Waals surface area (Å²) in [5.74, 6) is -2.37. The second-order valence-corrected chi connectivity index (χ2v) is 7.77. The number of ether oxygens (including phenoxy) is 1. The maximum atomic E-state index is 14.2. The van der Waals surface area contributed by atoms with Gasteiger partial charge in [-0.15, -0.1) is 0 Å². The van der Waals surface area contributed by atoms with Crippen LogP contribution >= 0.6 is 0 Å². The molecule has 0 bridgehead atoms. The molecule has 1 aliphatic heterocycles. The number of hydrogen-bond donors (Lipinski definition) is 2. The fourth-order valence-electron chi connectivity index (χ4n) is 3.66. The van der Waals surface area contributed by atoms with Crippen LogP contribution in [0.5, 0.6) is 5.75 Å². The summed E-state index contributed by atoms with van der Waals surface area (Å²) in [5, 5.41) is 1.90. The third kappa shape index (κ3) is 5.67. The Morgan fingerprint density at radius 1 is 1.30 bits per heavy atom. The van der Waals surface area contributed by atoms with Gasteiger partial charge in [-0.3, -0.25) is 9.78 Å². The molecule has 0 unspecified atom stereocenters. The zero-order valence-electron chi connectivity index (χ0n) is 17.7. The minimum absolute atomic E-state index is 0.0737. The van der Waals surface area contributed by atoms with Crippen LogP contribution in [0.4, 0.5) is 32.0 Å². The first kappa shape index (κ1) is 24.6. The smallest absolute Gasteiger partial charge is 0.408 e. The predicted molar refractivity (Wildman–Crippen MR) is 109 cm³/mol. The Labute approximate surface area is 185 Å². The van der Waals surface area contributed by atoms with Gasteiger partial charge in [0, 0.05) is 42.7 Å². The molecular weight excluding hydrogens is 454 g/mol. The molecule has 2 heterocycles. The standard InChI is InChI=1S/C21H22F6N4O2/c1-10-17(12-5-13(22)7-15(6-12)33-20(23)24)18(31-4-3-14(28)9-31)16(8-29-10)19(32)30-11(2)21(25,26)27/h5-8,11,14,20H,3-4,9,28H2,1-2H3,(H,30,32)/t11-,14-/m0/s1. The minimum atomic E-state index is -4.67. The van der Waals surface area contributed by atoms with Gasteiger partial charge >= 0.3 is 12.8 Å². The highest BCUT2D eigenvalue weighted by molar-refractivity contribution is 6.04. The van der Waals surface area contributed by atoms with E-state index in [0.29, 0.717) is 18.7 Å². The molecule has 1 aromatic carbocycles. The first-order valence-electron chi connectivity index (χ1n) is 10.00. The molecule has 0 spiro atoms. The van der Waals surface area contributed by atoms with Gasteiger partial charge in [0.2, 0.25) is 0 Å².